The summed E-state index contributed by atoms with van der Waals surface area (Å²) >= 11 is 0. The fourth-order valence-corrected chi connectivity index (χ4v) is 1.56. The predicted molar refractivity (Wildman–Crippen MR) is 52.5 cm³/mol. The van der Waals surface area contributed by atoms with Crippen molar-refractivity contribution in [2.45, 2.75) is 27.4 Å². The molecule has 0 saturated heterocycles. The summed E-state index contributed by atoms with van der Waals surface area (Å²) in [7, 11) is 1.53. The molecule has 0 aliphatic heterocycles. The molecule has 1 aromatic carbocycles. The molecule has 0 spiro atoms. The Kier molecular flexibility index (Phi) is 3.46. The fraction of sp³-hybridized carbons (Fsp3) is 0.455. The summed E-state index contributed by atoms with van der Waals surface area (Å²) in [5, 5.41) is 0. The van der Waals surface area contributed by atoms with Gasteiger partial charge in [0.15, 0.2) is 0 Å². The zero-order valence-electron chi connectivity index (χ0n) is 8.68. The third-order valence-corrected chi connectivity index (χ3v) is 2.16. The van der Waals surface area contributed by atoms with Crippen LogP contribution in [-0.2, 0) is 16.4 Å². The minimum absolute atomic E-state index is 0.522. The van der Waals surface area contributed by atoms with E-state index in [-0.39, 0.29) is 0 Å². The van der Waals surface area contributed by atoms with Crippen LogP contribution in [0.15, 0.2) is 12.1 Å². The van der Waals surface area contributed by atoms with Gasteiger partial charge in [-0.3, -0.25) is 0 Å². The smallest absolute Gasteiger partial charge is 0.108 e. The topological polar surface area (TPSA) is 18.5 Å². The van der Waals surface area contributed by atoms with E-state index in [1.165, 1.54) is 29.4 Å². The molecule has 0 radical (unpaired) electrons. The predicted octanol–water partition coefficient (Wildman–Crippen LogP) is 2.69. The molecule has 13 heavy (non-hydrogen) atoms. The third kappa shape index (κ3) is 2.54. The summed E-state index contributed by atoms with van der Waals surface area (Å²) in [6.45, 7) is 6.80. The molecule has 0 N–H and O–H groups in total. The molecule has 0 heterocycles. The molecule has 0 fully saturated rings. The lowest BCUT2D eigenvalue weighted by Crippen LogP contribution is -1.98. The standard InChI is InChI=1S/C11H16O2/c1-8-5-9(2)11(7-13-12-4)10(3)6-8/h5-6H,7H2,1-4H3. The van der Waals surface area contributed by atoms with Gasteiger partial charge in [-0.15, -0.1) is 0 Å². The maximum atomic E-state index is 4.92. The molecule has 0 aromatic heterocycles. The van der Waals surface area contributed by atoms with Crippen molar-refractivity contribution in [2.75, 3.05) is 7.11 Å². The van der Waals surface area contributed by atoms with E-state index in [4.69, 9.17) is 4.89 Å². The molecule has 1 rings (SSSR count). The van der Waals surface area contributed by atoms with E-state index in [0.717, 1.165) is 0 Å². The lowest BCUT2D eigenvalue weighted by molar-refractivity contribution is -0.282. The molecule has 2 nitrogen and oxygen atoms in total. The third-order valence-electron chi connectivity index (χ3n) is 2.16. The number of rotatable bonds is 3. The quantitative estimate of drug-likeness (QED) is 0.526. The molecular formula is C11H16O2. The molecule has 72 valence electrons. The van der Waals surface area contributed by atoms with Crippen molar-refractivity contribution in [1.82, 2.24) is 0 Å². The Morgan fingerprint density at radius 2 is 1.62 bits per heavy atom. The van der Waals surface area contributed by atoms with Gasteiger partial charge < -0.3 is 0 Å². The largest absolute Gasteiger partial charge is 0.240 e. The Balaban J connectivity index is 2.92. The summed E-state index contributed by atoms with van der Waals surface area (Å²) in [6.07, 6.45) is 0. The maximum absolute atomic E-state index is 4.92. The fourth-order valence-electron chi connectivity index (χ4n) is 1.56. The van der Waals surface area contributed by atoms with Gasteiger partial charge in [-0.25, -0.2) is 9.78 Å². The van der Waals surface area contributed by atoms with Gasteiger partial charge in [-0.05, 0) is 37.5 Å². The molecule has 1 aromatic rings. The monoisotopic (exact) mass is 180 g/mol. The van der Waals surface area contributed by atoms with Gasteiger partial charge in [-0.2, -0.15) is 0 Å². The second kappa shape index (κ2) is 4.40. The summed E-state index contributed by atoms with van der Waals surface area (Å²) < 4.78 is 0. The normalized spacial score (nSPS) is 10.5. The molecule has 0 atom stereocenters. The van der Waals surface area contributed by atoms with E-state index in [1.807, 2.05) is 0 Å². The number of hydrogen-bond donors (Lipinski definition) is 0. The summed E-state index contributed by atoms with van der Waals surface area (Å²) in [5.41, 5.74) is 5.02. The highest BCUT2D eigenvalue weighted by atomic mass is 17.2. The van der Waals surface area contributed by atoms with Crippen LogP contribution in [0.3, 0.4) is 0 Å². The minimum Gasteiger partial charge on any atom is -0.240 e. The second-order valence-electron chi connectivity index (χ2n) is 3.31. The van der Waals surface area contributed by atoms with Crippen molar-refractivity contribution < 1.29 is 9.78 Å². The highest BCUT2D eigenvalue weighted by molar-refractivity contribution is 5.36. The lowest BCUT2D eigenvalue weighted by atomic mass is 10.0. The van der Waals surface area contributed by atoms with Crippen LogP contribution in [0.5, 0.6) is 0 Å². The lowest BCUT2D eigenvalue weighted by Gasteiger charge is -2.09. The average Bonchev–Trinajstić information content (AvgIpc) is 2.02. The van der Waals surface area contributed by atoms with Crippen molar-refractivity contribution >= 4 is 0 Å². The zero-order valence-corrected chi connectivity index (χ0v) is 8.68. The molecule has 0 aliphatic rings. The van der Waals surface area contributed by atoms with Crippen LogP contribution >= 0.6 is 0 Å². The molecule has 0 amide bonds. The average molecular weight is 180 g/mol. The van der Waals surface area contributed by atoms with E-state index in [1.54, 1.807) is 0 Å². The van der Waals surface area contributed by atoms with E-state index in [9.17, 15) is 0 Å². The van der Waals surface area contributed by atoms with E-state index in [2.05, 4.69) is 37.8 Å². The number of aryl methyl sites for hydroxylation is 3. The number of benzene rings is 1. The second-order valence-corrected chi connectivity index (χ2v) is 3.31. The molecule has 0 bridgehead atoms. The van der Waals surface area contributed by atoms with E-state index < -0.39 is 0 Å². The van der Waals surface area contributed by atoms with Crippen LogP contribution in [-0.4, -0.2) is 7.11 Å². The molecule has 0 saturated carbocycles. The van der Waals surface area contributed by atoms with Gasteiger partial charge in [-0.1, -0.05) is 17.7 Å². The SMILES string of the molecule is COOCc1c(C)cc(C)cc1C. The number of hydrogen-bond acceptors (Lipinski definition) is 2. The molecule has 2 heteroatoms. The minimum atomic E-state index is 0.522. The van der Waals surface area contributed by atoms with Crippen LogP contribution in [0, 0.1) is 20.8 Å². The molecule has 0 unspecified atom stereocenters. The first-order valence-corrected chi connectivity index (χ1v) is 4.37. The van der Waals surface area contributed by atoms with Gasteiger partial charge >= 0.3 is 0 Å². The zero-order chi connectivity index (χ0) is 9.84. The first-order valence-electron chi connectivity index (χ1n) is 4.37. The summed E-state index contributed by atoms with van der Waals surface area (Å²) in [5.74, 6) is 0. The van der Waals surface area contributed by atoms with Crippen LogP contribution in [0.2, 0.25) is 0 Å². The summed E-state index contributed by atoms with van der Waals surface area (Å²) in [6, 6.07) is 4.31. The van der Waals surface area contributed by atoms with Gasteiger partial charge in [0.2, 0.25) is 0 Å². The van der Waals surface area contributed by atoms with Gasteiger partial charge in [0.25, 0.3) is 0 Å². The van der Waals surface area contributed by atoms with Crippen molar-refractivity contribution in [3.05, 3.63) is 34.4 Å². The van der Waals surface area contributed by atoms with Crippen molar-refractivity contribution in [3.63, 3.8) is 0 Å². The Morgan fingerprint density at radius 3 is 2.08 bits per heavy atom. The summed E-state index contributed by atoms with van der Waals surface area (Å²) in [4.78, 5) is 9.51. The van der Waals surface area contributed by atoms with Crippen LogP contribution in [0.25, 0.3) is 0 Å². The van der Waals surface area contributed by atoms with Crippen molar-refractivity contribution in [1.29, 1.82) is 0 Å². The first kappa shape index (κ1) is 10.2. The van der Waals surface area contributed by atoms with Gasteiger partial charge in [0.1, 0.15) is 6.61 Å². The van der Waals surface area contributed by atoms with Crippen molar-refractivity contribution in [2.24, 2.45) is 0 Å². The van der Waals surface area contributed by atoms with Crippen LogP contribution in [0.4, 0.5) is 0 Å². The van der Waals surface area contributed by atoms with Crippen LogP contribution in [0.1, 0.15) is 22.3 Å². The highest BCUT2D eigenvalue weighted by Crippen LogP contribution is 2.17. The molecular weight excluding hydrogens is 164 g/mol. The first-order chi connectivity index (χ1) is 6.15. The van der Waals surface area contributed by atoms with Gasteiger partial charge in [0, 0.05) is 0 Å². The Bertz CT molecular complexity index is 269. The molecule has 0 aliphatic carbocycles. The van der Waals surface area contributed by atoms with Crippen molar-refractivity contribution in [3.8, 4) is 0 Å². The Hall–Kier alpha value is -0.860. The highest BCUT2D eigenvalue weighted by Gasteiger charge is 2.03. The van der Waals surface area contributed by atoms with E-state index >= 15 is 0 Å². The Labute approximate surface area is 79.4 Å². The Morgan fingerprint density at radius 1 is 1.08 bits per heavy atom. The van der Waals surface area contributed by atoms with Crippen LogP contribution < -0.4 is 0 Å². The maximum Gasteiger partial charge on any atom is 0.108 e. The van der Waals surface area contributed by atoms with Gasteiger partial charge in [0.05, 0.1) is 7.11 Å². The van der Waals surface area contributed by atoms with E-state index in [0.29, 0.717) is 6.61 Å².